The van der Waals surface area contributed by atoms with Crippen molar-refractivity contribution in [3.63, 3.8) is 0 Å². The van der Waals surface area contributed by atoms with Crippen LogP contribution in [0.5, 0.6) is 0 Å². The molecule has 0 bridgehead atoms. The zero-order valence-corrected chi connectivity index (χ0v) is 14.2. The summed E-state index contributed by atoms with van der Waals surface area (Å²) < 4.78 is 0. The van der Waals surface area contributed by atoms with E-state index < -0.39 is 0 Å². The highest BCUT2D eigenvalue weighted by molar-refractivity contribution is 7.08. The Kier molecular flexibility index (Phi) is 4.26. The van der Waals surface area contributed by atoms with Crippen LogP contribution < -0.4 is 5.32 Å². The van der Waals surface area contributed by atoms with Crippen LogP contribution in [0.3, 0.4) is 0 Å². The Balaban J connectivity index is 2.04. The van der Waals surface area contributed by atoms with Gasteiger partial charge in [0.15, 0.2) is 0 Å². The van der Waals surface area contributed by atoms with Gasteiger partial charge in [0.25, 0.3) is 5.91 Å². The average Bonchev–Trinajstić information content (AvgIpc) is 3.18. The van der Waals surface area contributed by atoms with Gasteiger partial charge in [0.1, 0.15) is 0 Å². The lowest BCUT2D eigenvalue weighted by Crippen LogP contribution is -2.47. The van der Waals surface area contributed by atoms with E-state index >= 15 is 0 Å². The van der Waals surface area contributed by atoms with Crippen LogP contribution in [0.15, 0.2) is 40.8 Å². The first kappa shape index (κ1) is 15.8. The van der Waals surface area contributed by atoms with E-state index in [2.05, 4.69) is 18.8 Å². The predicted molar refractivity (Wildman–Crippen MR) is 91.0 cm³/mol. The molecule has 0 aromatic carbocycles. The maximum absolute atomic E-state index is 13.0. The van der Waals surface area contributed by atoms with Crippen LogP contribution in [0, 0.1) is 0 Å². The summed E-state index contributed by atoms with van der Waals surface area (Å²) in [6, 6.07) is 1.59. The van der Waals surface area contributed by atoms with Crippen LogP contribution in [-0.2, 0) is 4.79 Å². The third kappa shape index (κ3) is 2.57. The molecule has 3 rings (SSSR count). The Morgan fingerprint density at radius 3 is 2.91 bits per heavy atom. The van der Waals surface area contributed by atoms with Crippen molar-refractivity contribution in [1.29, 1.82) is 0 Å². The molecule has 0 saturated carbocycles. The van der Waals surface area contributed by atoms with Gasteiger partial charge in [-0.2, -0.15) is 11.3 Å². The van der Waals surface area contributed by atoms with E-state index in [1.165, 1.54) is 0 Å². The fourth-order valence-electron chi connectivity index (χ4n) is 3.10. The molecule has 2 atom stereocenters. The number of nitrogens with zero attached hydrogens (tertiary/aromatic N) is 2. The highest BCUT2D eigenvalue weighted by atomic mass is 32.1. The van der Waals surface area contributed by atoms with Gasteiger partial charge in [0.05, 0.1) is 23.9 Å². The van der Waals surface area contributed by atoms with Gasteiger partial charge in [-0.25, -0.2) is 4.79 Å². The molecule has 1 aromatic heterocycles. The van der Waals surface area contributed by atoms with Gasteiger partial charge >= 0.3 is 6.03 Å². The standard InChI is InChI=1S/C17H21N3O2S/c1-4-7-19-13-9-20(11(3)5-2)16(21)14(13)15(18-17(19)22)12-6-8-23-10-12/h4,6,8,10-11,15H,1,5,7,9H2,2-3H3,(H,18,22)/t11-,15+/m1/s1. The minimum atomic E-state index is -0.355. The molecule has 2 aliphatic rings. The summed E-state index contributed by atoms with van der Waals surface area (Å²) >= 11 is 1.56. The Bertz CT molecular complexity index is 665. The topological polar surface area (TPSA) is 52.7 Å². The number of amides is 3. The lowest BCUT2D eigenvalue weighted by Gasteiger charge is -2.32. The summed E-state index contributed by atoms with van der Waals surface area (Å²) in [5.74, 6) is 0.0274. The molecule has 0 saturated heterocycles. The van der Waals surface area contributed by atoms with Crippen LogP contribution in [0.25, 0.3) is 0 Å². The Morgan fingerprint density at radius 1 is 1.52 bits per heavy atom. The van der Waals surface area contributed by atoms with E-state index in [4.69, 9.17) is 0 Å². The first-order valence-corrected chi connectivity index (χ1v) is 8.77. The second-order valence-corrected chi connectivity index (χ2v) is 6.67. The Labute approximate surface area is 140 Å². The molecule has 2 aliphatic heterocycles. The minimum absolute atomic E-state index is 0.0274. The van der Waals surface area contributed by atoms with Gasteiger partial charge in [-0.3, -0.25) is 9.69 Å². The van der Waals surface area contributed by atoms with Crippen molar-refractivity contribution in [2.24, 2.45) is 0 Å². The second kappa shape index (κ2) is 6.20. The third-order valence-electron chi connectivity index (χ3n) is 4.56. The fourth-order valence-corrected chi connectivity index (χ4v) is 3.79. The van der Waals surface area contributed by atoms with E-state index in [1.807, 2.05) is 28.7 Å². The second-order valence-electron chi connectivity index (χ2n) is 5.89. The maximum Gasteiger partial charge on any atom is 0.322 e. The van der Waals surface area contributed by atoms with Crippen molar-refractivity contribution < 1.29 is 9.59 Å². The number of nitrogens with one attached hydrogen (secondary N) is 1. The number of carbonyl (C=O) groups is 2. The number of hydrogen-bond acceptors (Lipinski definition) is 3. The molecular formula is C17H21N3O2S. The molecule has 0 spiro atoms. The van der Waals surface area contributed by atoms with E-state index in [1.54, 1.807) is 22.3 Å². The summed E-state index contributed by atoms with van der Waals surface area (Å²) in [5.41, 5.74) is 2.48. The molecule has 3 heterocycles. The van der Waals surface area contributed by atoms with E-state index in [0.717, 1.165) is 17.7 Å². The third-order valence-corrected chi connectivity index (χ3v) is 5.26. The Morgan fingerprint density at radius 2 is 2.30 bits per heavy atom. The molecule has 0 fully saturated rings. The summed E-state index contributed by atoms with van der Waals surface area (Å²) in [6.45, 7) is 8.73. The van der Waals surface area contributed by atoms with Gasteiger partial charge in [-0.1, -0.05) is 13.0 Å². The van der Waals surface area contributed by atoms with Crippen molar-refractivity contribution in [2.75, 3.05) is 13.1 Å². The average molecular weight is 331 g/mol. The van der Waals surface area contributed by atoms with E-state index in [-0.39, 0.29) is 24.0 Å². The summed E-state index contributed by atoms with van der Waals surface area (Å²) in [6.07, 6.45) is 2.57. The number of carbonyl (C=O) groups excluding carboxylic acids is 2. The van der Waals surface area contributed by atoms with Crippen LogP contribution >= 0.6 is 11.3 Å². The van der Waals surface area contributed by atoms with Gasteiger partial charge < -0.3 is 10.2 Å². The van der Waals surface area contributed by atoms with Crippen LogP contribution in [0.4, 0.5) is 4.79 Å². The first-order chi connectivity index (χ1) is 11.1. The number of rotatable bonds is 5. The Hall–Kier alpha value is -2.08. The molecule has 0 radical (unpaired) electrons. The lowest BCUT2D eigenvalue weighted by molar-refractivity contribution is -0.127. The number of urea groups is 1. The normalized spacial score (nSPS) is 22.3. The van der Waals surface area contributed by atoms with Crippen molar-refractivity contribution in [3.05, 3.63) is 46.3 Å². The first-order valence-electron chi connectivity index (χ1n) is 7.83. The van der Waals surface area contributed by atoms with Gasteiger partial charge in [-0.15, -0.1) is 6.58 Å². The number of thiophene rings is 1. The summed E-state index contributed by atoms with van der Waals surface area (Å²) in [7, 11) is 0. The van der Waals surface area contributed by atoms with Gasteiger partial charge in [-0.05, 0) is 35.7 Å². The van der Waals surface area contributed by atoms with E-state index in [9.17, 15) is 9.59 Å². The van der Waals surface area contributed by atoms with Crippen LogP contribution in [-0.4, -0.2) is 40.9 Å². The SMILES string of the molecule is C=CCN1C(=O)N[C@@H](c2ccsc2)C2=C1CN([C@H](C)CC)C2=O. The molecule has 1 aromatic rings. The molecule has 3 amide bonds. The van der Waals surface area contributed by atoms with Gasteiger partial charge in [0, 0.05) is 12.6 Å². The quantitative estimate of drug-likeness (QED) is 0.844. The van der Waals surface area contributed by atoms with Crippen molar-refractivity contribution in [2.45, 2.75) is 32.4 Å². The highest BCUT2D eigenvalue weighted by Gasteiger charge is 2.44. The number of hydrogen-bond donors (Lipinski definition) is 1. The molecule has 1 N–H and O–H groups in total. The summed E-state index contributed by atoms with van der Waals surface area (Å²) in [5, 5.41) is 6.92. The van der Waals surface area contributed by atoms with Crippen LogP contribution in [0.2, 0.25) is 0 Å². The zero-order chi connectivity index (χ0) is 16.6. The molecule has 23 heavy (non-hydrogen) atoms. The highest BCUT2D eigenvalue weighted by Crippen LogP contribution is 2.37. The fraction of sp³-hybridized carbons (Fsp3) is 0.412. The van der Waals surface area contributed by atoms with Crippen molar-refractivity contribution in [1.82, 2.24) is 15.1 Å². The summed E-state index contributed by atoms with van der Waals surface area (Å²) in [4.78, 5) is 29.0. The van der Waals surface area contributed by atoms with E-state index in [0.29, 0.717) is 18.7 Å². The molecule has 122 valence electrons. The monoisotopic (exact) mass is 331 g/mol. The molecule has 0 unspecified atom stereocenters. The zero-order valence-electron chi connectivity index (χ0n) is 13.4. The molecule has 0 aliphatic carbocycles. The predicted octanol–water partition coefficient (Wildman–Crippen LogP) is 2.90. The van der Waals surface area contributed by atoms with Crippen molar-refractivity contribution in [3.8, 4) is 0 Å². The lowest BCUT2D eigenvalue weighted by atomic mass is 9.98. The van der Waals surface area contributed by atoms with Gasteiger partial charge in [0.2, 0.25) is 0 Å². The maximum atomic E-state index is 13.0. The molecule has 5 nitrogen and oxygen atoms in total. The van der Waals surface area contributed by atoms with Crippen LogP contribution in [0.1, 0.15) is 31.9 Å². The molecule has 6 heteroatoms. The largest absolute Gasteiger partial charge is 0.330 e. The minimum Gasteiger partial charge on any atom is -0.330 e. The van der Waals surface area contributed by atoms with Crippen molar-refractivity contribution >= 4 is 23.3 Å². The molecular weight excluding hydrogens is 310 g/mol. The smallest absolute Gasteiger partial charge is 0.322 e.